The van der Waals surface area contributed by atoms with Crippen LogP contribution < -0.4 is 0 Å². The first-order valence-corrected chi connectivity index (χ1v) is 5.56. The molecule has 0 aliphatic carbocycles. The molecule has 2 aromatic heterocycles. The van der Waals surface area contributed by atoms with Crippen LogP contribution in [0.3, 0.4) is 0 Å². The van der Waals surface area contributed by atoms with Gasteiger partial charge in [0, 0.05) is 23.9 Å². The number of rotatable bonds is 2. The number of aromatic nitrogens is 3. The molecular formula is C13H8N4O2. The van der Waals surface area contributed by atoms with Gasteiger partial charge < -0.3 is 0 Å². The summed E-state index contributed by atoms with van der Waals surface area (Å²) in [7, 11) is 0. The van der Waals surface area contributed by atoms with Crippen molar-refractivity contribution in [3.8, 4) is 11.3 Å². The summed E-state index contributed by atoms with van der Waals surface area (Å²) >= 11 is 0. The fourth-order valence-corrected chi connectivity index (χ4v) is 1.74. The summed E-state index contributed by atoms with van der Waals surface area (Å²) in [5, 5.41) is 10.6. The fraction of sp³-hybridized carbons (Fsp3) is 0. The Morgan fingerprint density at radius 3 is 2.58 bits per heavy atom. The molecule has 0 saturated heterocycles. The third kappa shape index (κ3) is 2.11. The largest absolute Gasteiger partial charge is 0.269 e. The third-order valence-electron chi connectivity index (χ3n) is 2.69. The molecule has 0 saturated carbocycles. The van der Waals surface area contributed by atoms with Crippen LogP contribution in [-0.4, -0.2) is 19.9 Å². The number of fused-ring (bicyclic) bond motifs is 1. The molecule has 1 aromatic carbocycles. The maximum atomic E-state index is 10.6. The first-order valence-electron chi connectivity index (χ1n) is 5.56. The second kappa shape index (κ2) is 4.41. The van der Waals surface area contributed by atoms with Gasteiger partial charge in [0.25, 0.3) is 5.69 Å². The van der Waals surface area contributed by atoms with Gasteiger partial charge in [-0.1, -0.05) is 0 Å². The zero-order valence-corrected chi connectivity index (χ0v) is 9.72. The van der Waals surface area contributed by atoms with Gasteiger partial charge in [-0.3, -0.25) is 15.1 Å². The number of nitro benzene ring substituents is 1. The molecule has 0 N–H and O–H groups in total. The lowest BCUT2D eigenvalue weighted by Crippen LogP contribution is -1.91. The molecule has 0 radical (unpaired) electrons. The fourth-order valence-electron chi connectivity index (χ4n) is 1.74. The summed E-state index contributed by atoms with van der Waals surface area (Å²) in [4.78, 5) is 22.9. The molecular weight excluding hydrogens is 244 g/mol. The van der Waals surface area contributed by atoms with Crippen molar-refractivity contribution < 1.29 is 4.92 Å². The van der Waals surface area contributed by atoms with E-state index in [1.807, 2.05) is 6.07 Å². The van der Waals surface area contributed by atoms with Crippen LogP contribution in [0.25, 0.3) is 22.4 Å². The molecule has 0 unspecified atom stereocenters. The molecule has 0 amide bonds. The minimum Gasteiger partial charge on any atom is -0.258 e. The lowest BCUT2D eigenvalue weighted by molar-refractivity contribution is -0.384. The summed E-state index contributed by atoms with van der Waals surface area (Å²) in [6.07, 6.45) is 3.28. The van der Waals surface area contributed by atoms with Crippen LogP contribution in [0, 0.1) is 10.1 Å². The van der Waals surface area contributed by atoms with Crippen LogP contribution >= 0.6 is 0 Å². The average molecular weight is 252 g/mol. The van der Waals surface area contributed by atoms with E-state index in [0.29, 0.717) is 16.9 Å². The SMILES string of the molecule is O=[N+]([O-])c1ccc(-c2cnc3cccnc3n2)cc1. The highest BCUT2D eigenvalue weighted by Gasteiger charge is 2.07. The van der Waals surface area contributed by atoms with Crippen molar-refractivity contribution in [1.29, 1.82) is 0 Å². The normalized spacial score (nSPS) is 10.5. The van der Waals surface area contributed by atoms with Gasteiger partial charge in [0.1, 0.15) is 5.52 Å². The Labute approximate surface area is 107 Å². The molecule has 0 aliphatic heterocycles. The van der Waals surface area contributed by atoms with E-state index < -0.39 is 4.92 Å². The molecule has 3 rings (SSSR count). The van der Waals surface area contributed by atoms with Crippen molar-refractivity contribution in [2.75, 3.05) is 0 Å². The van der Waals surface area contributed by atoms with Crippen LogP contribution in [0.4, 0.5) is 5.69 Å². The highest BCUT2D eigenvalue weighted by Crippen LogP contribution is 2.21. The Morgan fingerprint density at radius 2 is 1.84 bits per heavy atom. The molecule has 3 aromatic rings. The average Bonchev–Trinajstić information content (AvgIpc) is 2.47. The first-order chi connectivity index (χ1) is 9.24. The van der Waals surface area contributed by atoms with E-state index in [4.69, 9.17) is 0 Å². The Balaban J connectivity index is 2.06. The molecule has 0 aliphatic rings. The van der Waals surface area contributed by atoms with Crippen molar-refractivity contribution in [3.05, 3.63) is 58.9 Å². The lowest BCUT2D eigenvalue weighted by atomic mass is 10.1. The second-order valence-corrected chi connectivity index (χ2v) is 3.91. The molecule has 0 fully saturated rings. The van der Waals surface area contributed by atoms with Gasteiger partial charge in [-0.2, -0.15) is 0 Å². The van der Waals surface area contributed by atoms with E-state index in [9.17, 15) is 10.1 Å². The highest BCUT2D eigenvalue weighted by atomic mass is 16.6. The van der Waals surface area contributed by atoms with Crippen LogP contribution in [0.15, 0.2) is 48.8 Å². The zero-order valence-electron chi connectivity index (χ0n) is 9.72. The Morgan fingerprint density at radius 1 is 1.05 bits per heavy atom. The smallest absolute Gasteiger partial charge is 0.258 e. The monoisotopic (exact) mass is 252 g/mol. The zero-order chi connectivity index (χ0) is 13.2. The predicted octanol–water partition coefficient (Wildman–Crippen LogP) is 2.60. The van der Waals surface area contributed by atoms with Crippen LogP contribution in [0.5, 0.6) is 0 Å². The van der Waals surface area contributed by atoms with Gasteiger partial charge in [0.2, 0.25) is 0 Å². The number of hydrogen-bond donors (Lipinski definition) is 0. The number of non-ortho nitro benzene ring substituents is 1. The van der Waals surface area contributed by atoms with Crippen LogP contribution in [-0.2, 0) is 0 Å². The minimum absolute atomic E-state index is 0.0515. The third-order valence-corrected chi connectivity index (χ3v) is 2.69. The van der Waals surface area contributed by atoms with Gasteiger partial charge in [-0.15, -0.1) is 0 Å². The van der Waals surface area contributed by atoms with Crippen molar-refractivity contribution in [3.63, 3.8) is 0 Å². The molecule has 6 heteroatoms. The topological polar surface area (TPSA) is 81.8 Å². The van der Waals surface area contributed by atoms with E-state index >= 15 is 0 Å². The van der Waals surface area contributed by atoms with Crippen LogP contribution in [0.1, 0.15) is 0 Å². The summed E-state index contributed by atoms with van der Waals surface area (Å²) < 4.78 is 0. The minimum atomic E-state index is -0.433. The molecule has 0 spiro atoms. The van der Waals surface area contributed by atoms with Crippen molar-refractivity contribution >= 4 is 16.9 Å². The Kier molecular flexibility index (Phi) is 2.60. The van der Waals surface area contributed by atoms with E-state index in [1.54, 1.807) is 30.6 Å². The number of nitrogens with zero attached hydrogens (tertiary/aromatic N) is 4. The van der Waals surface area contributed by atoms with E-state index in [2.05, 4.69) is 15.0 Å². The maximum Gasteiger partial charge on any atom is 0.269 e. The van der Waals surface area contributed by atoms with Gasteiger partial charge in [0.15, 0.2) is 5.65 Å². The van der Waals surface area contributed by atoms with Crippen molar-refractivity contribution in [1.82, 2.24) is 15.0 Å². The van der Waals surface area contributed by atoms with Gasteiger partial charge in [-0.25, -0.2) is 9.97 Å². The molecule has 2 heterocycles. The van der Waals surface area contributed by atoms with Gasteiger partial charge in [0.05, 0.1) is 16.8 Å². The standard InChI is InChI=1S/C13H8N4O2/c18-17(19)10-5-3-9(4-6-10)12-8-15-11-2-1-7-14-13(11)16-12/h1-8H. The van der Waals surface area contributed by atoms with E-state index in [1.165, 1.54) is 12.1 Å². The molecule has 0 bridgehead atoms. The quantitative estimate of drug-likeness (QED) is 0.517. The number of pyridine rings is 1. The number of nitro groups is 1. The highest BCUT2D eigenvalue weighted by molar-refractivity contribution is 5.73. The first kappa shape index (κ1) is 11.2. The van der Waals surface area contributed by atoms with Crippen molar-refractivity contribution in [2.45, 2.75) is 0 Å². The Bertz CT molecular complexity index is 756. The summed E-state index contributed by atoms with van der Waals surface area (Å²) in [5.41, 5.74) is 2.73. The second-order valence-electron chi connectivity index (χ2n) is 3.91. The van der Waals surface area contributed by atoms with E-state index in [0.717, 1.165) is 5.56 Å². The Hall–Kier alpha value is -2.89. The molecule has 19 heavy (non-hydrogen) atoms. The molecule has 6 nitrogen and oxygen atoms in total. The maximum absolute atomic E-state index is 10.6. The van der Waals surface area contributed by atoms with Crippen LogP contribution in [0.2, 0.25) is 0 Å². The number of benzene rings is 1. The van der Waals surface area contributed by atoms with Gasteiger partial charge >= 0.3 is 0 Å². The summed E-state index contributed by atoms with van der Waals surface area (Å²) in [6, 6.07) is 9.81. The summed E-state index contributed by atoms with van der Waals surface area (Å²) in [5.74, 6) is 0. The summed E-state index contributed by atoms with van der Waals surface area (Å²) in [6.45, 7) is 0. The van der Waals surface area contributed by atoms with Crippen molar-refractivity contribution in [2.24, 2.45) is 0 Å². The molecule has 92 valence electrons. The lowest BCUT2D eigenvalue weighted by Gasteiger charge is -2.01. The van der Waals surface area contributed by atoms with Gasteiger partial charge in [-0.05, 0) is 24.3 Å². The predicted molar refractivity (Wildman–Crippen MR) is 69.4 cm³/mol. The number of hydrogen-bond acceptors (Lipinski definition) is 5. The van der Waals surface area contributed by atoms with E-state index in [-0.39, 0.29) is 5.69 Å². The molecule has 0 atom stereocenters.